The Morgan fingerprint density at radius 2 is 2.15 bits per heavy atom. The minimum atomic E-state index is -0.302. The van der Waals surface area contributed by atoms with Crippen molar-refractivity contribution in [1.82, 2.24) is 0 Å². The van der Waals surface area contributed by atoms with Crippen molar-refractivity contribution in [2.75, 3.05) is 12.5 Å². The van der Waals surface area contributed by atoms with Crippen LogP contribution >= 0.6 is 24.0 Å². The third kappa shape index (κ3) is 9.63. The molecule has 0 saturated heterocycles. The van der Waals surface area contributed by atoms with Crippen LogP contribution < -0.4 is 0 Å². The van der Waals surface area contributed by atoms with Crippen LogP contribution in [0, 0.1) is 0 Å². The minimum absolute atomic E-state index is 0.236. The van der Waals surface area contributed by atoms with Crippen LogP contribution in [0.25, 0.3) is 0 Å². The Morgan fingerprint density at radius 1 is 1.46 bits per heavy atom. The molecule has 0 amide bonds. The fraction of sp³-hybridized carbons (Fsp3) is 0.750. The van der Waals surface area contributed by atoms with Crippen LogP contribution in [0.2, 0.25) is 0 Å². The molecule has 0 radical (unpaired) electrons. The summed E-state index contributed by atoms with van der Waals surface area (Å²) in [6.07, 6.45) is 2.07. The molecule has 3 nitrogen and oxygen atoms in total. The number of thioether (sulfide) groups is 1. The van der Waals surface area contributed by atoms with Crippen molar-refractivity contribution < 1.29 is 14.3 Å². The molecule has 0 aromatic rings. The van der Waals surface area contributed by atoms with Crippen LogP contribution in [0.4, 0.5) is 0 Å². The van der Waals surface area contributed by atoms with Gasteiger partial charge in [0.25, 0.3) is 0 Å². The first-order valence-electron chi connectivity index (χ1n) is 4.09. The van der Waals surface area contributed by atoms with Crippen molar-refractivity contribution in [3.8, 4) is 0 Å². The van der Waals surface area contributed by atoms with Gasteiger partial charge in [-0.05, 0) is 30.4 Å². The third-order valence-corrected chi connectivity index (χ3v) is 2.22. The Kier molecular flexibility index (Phi) is 8.13. The summed E-state index contributed by atoms with van der Waals surface area (Å²) in [6.45, 7) is 4.09. The number of unbranched alkanes of at least 4 members (excludes halogenated alkanes) is 1. The van der Waals surface area contributed by atoms with E-state index < -0.39 is 0 Å². The quantitative estimate of drug-likeness (QED) is 0.309. The van der Waals surface area contributed by atoms with Gasteiger partial charge in [0, 0.05) is 6.92 Å². The predicted octanol–water partition coefficient (Wildman–Crippen LogP) is 2.34. The normalized spacial score (nSPS) is 9.38. The lowest BCUT2D eigenvalue weighted by Crippen LogP contribution is -2.03. The molecule has 0 atom stereocenters. The topological polar surface area (TPSA) is 35.5 Å². The zero-order valence-electron chi connectivity index (χ0n) is 7.87. The number of rotatable bonds is 5. The molecule has 0 bridgehead atoms. The molecule has 0 fully saturated rings. The maximum atomic E-state index is 10.4. The van der Waals surface area contributed by atoms with Crippen LogP contribution in [0.5, 0.6) is 0 Å². The number of carbonyl (C=O) groups is 1. The average molecular weight is 222 g/mol. The van der Waals surface area contributed by atoms with Crippen molar-refractivity contribution in [2.24, 2.45) is 0 Å². The van der Waals surface area contributed by atoms with Crippen molar-refractivity contribution in [3.05, 3.63) is 0 Å². The highest BCUT2D eigenvalue weighted by Gasteiger charge is 1.99. The molecule has 13 heavy (non-hydrogen) atoms. The average Bonchev–Trinajstić information content (AvgIpc) is 2.04. The molecule has 0 aromatic heterocycles. The van der Waals surface area contributed by atoms with Gasteiger partial charge in [-0.2, -0.15) is 0 Å². The highest BCUT2D eigenvalue weighted by atomic mass is 32.2. The first kappa shape index (κ1) is 12.7. The highest BCUT2D eigenvalue weighted by Crippen LogP contribution is 2.06. The number of thiocarbonyl (C=S) groups is 1. The third-order valence-electron chi connectivity index (χ3n) is 1.16. The first-order chi connectivity index (χ1) is 6.16. The van der Waals surface area contributed by atoms with E-state index in [4.69, 9.17) is 17.0 Å². The summed E-state index contributed by atoms with van der Waals surface area (Å²) in [5.41, 5.74) is 0. The molecule has 0 aliphatic heterocycles. The van der Waals surface area contributed by atoms with E-state index in [9.17, 15) is 4.79 Å². The van der Waals surface area contributed by atoms with Crippen molar-refractivity contribution in [2.45, 2.75) is 26.7 Å². The molecule has 0 spiro atoms. The van der Waals surface area contributed by atoms with Gasteiger partial charge >= 0.3 is 5.97 Å². The Hall–Kier alpha value is -0.290. The summed E-state index contributed by atoms with van der Waals surface area (Å²) in [6, 6.07) is 0. The maximum Gasteiger partial charge on any atom is 0.303 e. The van der Waals surface area contributed by atoms with Gasteiger partial charge in [-0.3, -0.25) is 4.79 Å². The van der Waals surface area contributed by atoms with E-state index in [2.05, 4.69) is 11.7 Å². The summed E-state index contributed by atoms with van der Waals surface area (Å²) in [5, 5.41) is 0. The van der Waals surface area contributed by atoms with Gasteiger partial charge in [0.2, 0.25) is 4.38 Å². The summed E-state index contributed by atoms with van der Waals surface area (Å²) >= 11 is 6.09. The smallest absolute Gasteiger partial charge is 0.303 e. The van der Waals surface area contributed by atoms with E-state index in [0.29, 0.717) is 11.0 Å². The van der Waals surface area contributed by atoms with E-state index in [1.165, 1.54) is 18.7 Å². The van der Waals surface area contributed by atoms with Gasteiger partial charge in [0.15, 0.2) is 0 Å². The zero-order chi connectivity index (χ0) is 10.1. The van der Waals surface area contributed by atoms with Crippen LogP contribution in [-0.2, 0) is 14.3 Å². The Morgan fingerprint density at radius 3 is 2.69 bits per heavy atom. The fourth-order valence-electron chi connectivity index (χ4n) is 0.502. The Bertz CT molecular complexity index is 171. The van der Waals surface area contributed by atoms with Crippen LogP contribution in [-0.4, -0.2) is 22.9 Å². The van der Waals surface area contributed by atoms with Gasteiger partial charge in [-0.25, -0.2) is 0 Å². The van der Waals surface area contributed by atoms with Gasteiger partial charge < -0.3 is 9.47 Å². The largest absolute Gasteiger partial charge is 0.479 e. The monoisotopic (exact) mass is 222 g/mol. The van der Waals surface area contributed by atoms with E-state index in [-0.39, 0.29) is 11.9 Å². The molecule has 0 unspecified atom stereocenters. The van der Waals surface area contributed by atoms with E-state index in [1.54, 1.807) is 0 Å². The summed E-state index contributed by atoms with van der Waals surface area (Å²) in [4.78, 5) is 10.4. The van der Waals surface area contributed by atoms with Crippen LogP contribution in [0.15, 0.2) is 0 Å². The fourth-order valence-corrected chi connectivity index (χ4v) is 1.22. The number of ether oxygens (including phenoxy) is 2. The number of carbonyl (C=O) groups excluding carboxylic acids is 1. The second-order valence-electron chi connectivity index (χ2n) is 2.35. The van der Waals surface area contributed by atoms with Gasteiger partial charge in [0.1, 0.15) is 5.94 Å². The lowest BCUT2D eigenvalue weighted by atomic mass is 10.4. The van der Waals surface area contributed by atoms with Crippen molar-refractivity contribution in [3.63, 3.8) is 0 Å². The van der Waals surface area contributed by atoms with Gasteiger partial charge in [0.05, 0.1) is 6.61 Å². The first-order valence-corrected chi connectivity index (χ1v) is 5.49. The van der Waals surface area contributed by atoms with E-state index >= 15 is 0 Å². The Labute approximate surface area is 88.2 Å². The lowest BCUT2D eigenvalue weighted by Gasteiger charge is -2.05. The molecule has 0 N–H and O–H groups in total. The van der Waals surface area contributed by atoms with Crippen LogP contribution in [0.3, 0.4) is 0 Å². The van der Waals surface area contributed by atoms with Crippen molar-refractivity contribution >= 4 is 34.3 Å². The molecule has 0 rings (SSSR count). The molecular weight excluding hydrogens is 208 g/mol. The van der Waals surface area contributed by atoms with E-state index in [0.717, 1.165) is 12.8 Å². The second-order valence-corrected chi connectivity index (χ2v) is 3.87. The maximum absolute atomic E-state index is 10.4. The number of esters is 1. The minimum Gasteiger partial charge on any atom is -0.479 e. The summed E-state index contributed by atoms with van der Waals surface area (Å²) in [7, 11) is 0. The molecule has 0 aliphatic carbocycles. The molecule has 5 heteroatoms. The van der Waals surface area contributed by atoms with E-state index in [1.807, 2.05) is 0 Å². The standard InChI is InChI=1S/C8H14O3S2/c1-3-4-5-10-8(12)13-6-11-7(2)9/h3-6H2,1-2H3. The highest BCUT2D eigenvalue weighted by molar-refractivity contribution is 8.22. The number of hydrogen-bond donors (Lipinski definition) is 0. The SMILES string of the molecule is CCCCOC(=S)SCOC(C)=O. The molecule has 76 valence electrons. The molecule has 0 saturated carbocycles. The summed E-state index contributed by atoms with van der Waals surface area (Å²) < 4.78 is 10.3. The Balaban J connectivity index is 3.25. The molecule has 0 aliphatic rings. The predicted molar refractivity (Wildman–Crippen MR) is 57.7 cm³/mol. The molecular formula is C8H14O3S2. The zero-order valence-corrected chi connectivity index (χ0v) is 9.50. The van der Waals surface area contributed by atoms with Crippen LogP contribution in [0.1, 0.15) is 26.7 Å². The molecule has 0 aromatic carbocycles. The summed E-state index contributed by atoms with van der Waals surface area (Å²) in [5.74, 6) is -0.0656. The molecule has 0 heterocycles. The van der Waals surface area contributed by atoms with Crippen molar-refractivity contribution in [1.29, 1.82) is 0 Å². The van der Waals surface area contributed by atoms with Gasteiger partial charge in [-0.1, -0.05) is 13.3 Å². The lowest BCUT2D eigenvalue weighted by molar-refractivity contribution is -0.138. The van der Waals surface area contributed by atoms with Gasteiger partial charge in [-0.15, -0.1) is 0 Å². The second kappa shape index (κ2) is 8.31. The number of hydrogen-bond acceptors (Lipinski definition) is 5.